The van der Waals surface area contributed by atoms with Gasteiger partial charge in [0.2, 0.25) is 0 Å². The predicted octanol–water partition coefficient (Wildman–Crippen LogP) is 3.26. The first kappa shape index (κ1) is 13.7. The van der Waals surface area contributed by atoms with Gasteiger partial charge in [0, 0.05) is 19.0 Å². The Kier molecular flexibility index (Phi) is 6.04. The largest absolute Gasteiger partial charge is 0.300 e. The fraction of sp³-hybridized carbons (Fsp3) is 0.929. The maximum Gasteiger partial charge on any atom is 0.131 e. The molecule has 1 saturated heterocycles. The van der Waals surface area contributed by atoms with Crippen molar-refractivity contribution in [1.82, 2.24) is 4.90 Å². The van der Waals surface area contributed by atoms with E-state index in [4.69, 9.17) is 0 Å². The van der Waals surface area contributed by atoms with Crippen LogP contribution in [0, 0.1) is 5.92 Å². The minimum atomic E-state index is 0.347. The molecule has 1 aliphatic rings. The molecule has 0 spiro atoms. The third-order valence-electron chi connectivity index (χ3n) is 3.60. The molecule has 0 amide bonds. The number of nitrogens with zero attached hydrogens (tertiary/aromatic N) is 1. The average molecular weight is 225 g/mol. The summed E-state index contributed by atoms with van der Waals surface area (Å²) in [6, 6.07) is 0.533. The van der Waals surface area contributed by atoms with Gasteiger partial charge in [0.05, 0.1) is 0 Å². The first-order valence-corrected chi connectivity index (χ1v) is 6.87. The van der Waals surface area contributed by atoms with Crippen molar-refractivity contribution in [2.45, 2.75) is 65.3 Å². The zero-order valence-electron chi connectivity index (χ0n) is 11.2. The van der Waals surface area contributed by atoms with Crippen molar-refractivity contribution in [3.63, 3.8) is 0 Å². The van der Waals surface area contributed by atoms with E-state index in [0.717, 1.165) is 12.3 Å². The smallest absolute Gasteiger partial charge is 0.131 e. The molecule has 0 aromatic rings. The number of carbonyl (C=O) groups excluding carboxylic acids is 1. The molecule has 2 atom stereocenters. The van der Waals surface area contributed by atoms with E-state index in [0.29, 0.717) is 11.8 Å². The Hall–Kier alpha value is -0.370. The predicted molar refractivity (Wildman–Crippen MR) is 68.6 cm³/mol. The Morgan fingerprint density at radius 2 is 2.19 bits per heavy atom. The topological polar surface area (TPSA) is 20.3 Å². The van der Waals surface area contributed by atoms with Gasteiger partial charge in [-0.25, -0.2) is 0 Å². The fourth-order valence-electron chi connectivity index (χ4n) is 2.85. The van der Waals surface area contributed by atoms with Gasteiger partial charge in [-0.2, -0.15) is 0 Å². The number of hydrogen-bond acceptors (Lipinski definition) is 2. The Morgan fingerprint density at radius 1 is 1.44 bits per heavy atom. The number of carbonyl (C=O) groups is 1. The molecule has 16 heavy (non-hydrogen) atoms. The number of piperidine rings is 1. The molecular weight excluding hydrogens is 198 g/mol. The van der Waals surface area contributed by atoms with Crippen molar-refractivity contribution in [3.8, 4) is 0 Å². The van der Waals surface area contributed by atoms with Crippen LogP contribution in [-0.4, -0.2) is 29.8 Å². The number of Topliss-reactive ketones (excluding diaryl/α,β-unsaturated/α-hetero) is 1. The standard InChI is InChI=1S/C14H27NO/c1-4-7-12(2)11-15-9-6-5-8-14(15)10-13(3)16/h12,14H,4-11H2,1-3H3. The molecule has 94 valence electrons. The maximum absolute atomic E-state index is 11.2. The number of likely N-dealkylation sites (tertiary alicyclic amines) is 1. The minimum absolute atomic E-state index is 0.347. The summed E-state index contributed by atoms with van der Waals surface area (Å²) in [5, 5.41) is 0. The molecule has 0 bridgehead atoms. The molecular formula is C14H27NO. The van der Waals surface area contributed by atoms with Crippen LogP contribution in [0.3, 0.4) is 0 Å². The van der Waals surface area contributed by atoms with Crippen LogP contribution in [0.4, 0.5) is 0 Å². The van der Waals surface area contributed by atoms with E-state index < -0.39 is 0 Å². The number of ketones is 1. The Bertz CT molecular complexity index is 215. The molecule has 0 saturated carbocycles. The monoisotopic (exact) mass is 225 g/mol. The van der Waals surface area contributed by atoms with Crippen molar-refractivity contribution >= 4 is 5.78 Å². The summed E-state index contributed by atoms with van der Waals surface area (Å²) in [6.45, 7) is 8.70. The molecule has 1 fully saturated rings. The van der Waals surface area contributed by atoms with Crippen molar-refractivity contribution in [2.24, 2.45) is 5.92 Å². The highest BCUT2D eigenvalue weighted by Crippen LogP contribution is 2.22. The molecule has 2 heteroatoms. The highest BCUT2D eigenvalue weighted by atomic mass is 16.1. The van der Waals surface area contributed by atoms with Gasteiger partial charge >= 0.3 is 0 Å². The lowest BCUT2D eigenvalue weighted by Crippen LogP contribution is -2.42. The summed E-state index contributed by atoms with van der Waals surface area (Å²) in [5.74, 6) is 1.12. The quantitative estimate of drug-likeness (QED) is 0.691. The molecule has 0 radical (unpaired) electrons. The van der Waals surface area contributed by atoms with Crippen LogP contribution in [0.25, 0.3) is 0 Å². The van der Waals surface area contributed by atoms with Crippen LogP contribution in [0.1, 0.15) is 59.3 Å². The summed E-state index contributed by atoms with van der Waals surface area (Å²) in [4.78, 5) is 13.8. The molecule has 0 aromatic heterocycles. The van der Waals surface area contributed by atoms with Gasteiger partial charge in [-0.15, -0.1) is 0 Å². The minimum Gasteiger partial charge on any atom is -0.300 e. The second kappa shape index (κ2) is 7.05. The van der Waals surface area contributed by atoms with Crippen LogP contribution >= 0.6 is 0 Å². The Morgan fingerprint density at radius 3 is 2.81 bits per heavy atom. The van der Waals surface area contributed by atoms with Crippen molar-refractivity contribution in [2.75, 3.05) is 13.1 Å². The highest BCUT2D eigenvalue weighted by molar-refractivity contribution is 5.76. The lowest BCUT2D eigenvalue weighted by molar-refractivity contribution is -0.118. The maximum atomic E-state index is 11.2. The first-order valence-electron chi connectivity index (χ1n) is 6.87. The average Bonchev–Trinajstić information content (AvgIpc) is 2.20. The van der Waals surface area contributed by atoms with Gasteiger partial charge in [0.15, 0.2) is 0 Å². The van der Waals surface area contributed by atoms with E-state index in [-0.39, 0.29) is 0 Å². The fourth-order valence-corrected chi connectivity index (χ4v) is 2.85. The van der Waals surface area contributed by atoms with Crippen LogP contribution in [0.2, 0.25) is 0 Å². The second-order valence-electron chi connectivity index (χ2n) is 5.44. The number of hydrogen-bond donors (Lipinski definition) is 0. The van der Waals surface area contributed by atoms with Crippen LogP contribution in [0.15, 0.2) is 0 Å². The molecule has 2 nitrogen and oxygen atoms in total. The Labute approximate surface area is 100 Å². The van der Waals surface area contributed by atoms with E-state index in [2.05, 4.69) is 18.7 Å². The summed E-state index contributed by atoms with van der Waals surface area (Å²) < 4.78 is 0. The van der Waals surface area contributed by atoms with Gasteiger partial charge in [-0.05, 0) is 38.6 Å². The molecule has 1 rings (SSSR count). The van der Waals surface area contributed by atoms with Crippen LogP contribution in [0.5, 0.6) is 0 Å². The van der Waals surface area contributed by atoms with Crippen LogP contribution < -0.4 is 0 Å². The zero-order valence-corrected chi connectivity index (χ0v) is 11.2. The van der Waals surface area contributed by atoms with E-state index in [1.165, 1.54) is 45.2 Å². The van der Waals surface area contributed by atoms with E-state index >= 15 is 0 Å². The van der Waals surface area contributed by atoms with Crippen molar-refractivity contribution in [3.05, 3.63) is 0 Å². The van der Waals surface area contributed by atoms with E-state index in [1.54, 1.807) is 6.92 Å². The summed E-state index contributed by atoms with van der Waals surface area (Å²) in [7, 11) is 0. The van der Waals surface area contributed by atoms with Gasteiger partial charge in [-0.3, -0.25) is 9.69 Å². The van der Waals surface area contributed by atoms with Gasteiger partial charge in [0.1, 0.15) is 5.78 Å². The third-order valence-corrected chi connectivity index (χ3v) is 3.60. The van der Waals surface area contributed by atoms with E-state index in [1.807, 2.05) is 0 Å². The zero-order chi connectivity index (χ0) is 12.0. The molecule has 1 aliphatic heterocycles. The summed E-state index contributed by atoms with van der Waals surface area (Å²) in [6.07, 6.45) is 7.18. The first-order chi connectivity index (χ1) is 7.63. The lowest BCUT2D eigenvalue weighted by atomic mass is 9.95. The molecule has 1 heterocycles. The van der Waals surface area contributed by atoms with Crippen molar-refractivity contribution in [1.29, 1.82) is 0 Å². The van der Waals surface area contributed by atoms with Gasteiger partial charge < -0.3 is 0 Å². The van der Waals surface area contributed by atoms with Gasteiger partial charge in [-0.1, -0.05) is 26.7 Å². The van der Waals surface area contributed by atoms with Crippen molar-refractivity contribution < 1.29 is 4.79 Å². The normalized spacial score (nSPS) is 24.3. The third kappa shape index (κ3) is 4.65. The van der Waals surface area contributed by atoms with Crippen LogP contribution in [-0.2, 0) is 4.79 Å². The Balaban J connectivity index is 2.43. The number of rotatable bonds is 6. The SMILES string of the molecule is CCCC(C)CN1CCCCC1CC(C)=O. The summed E-state index contributed by atoms with van der Waals surface area (Å²) >= 11 is 0. The van der Waals surface area contributed by atoms with E-state index in [9.17, 15) is 4.79 Å². The van der Waals surface area contributed by atoms with Gasteiger partial charge in [0.25, 0.3) is 0 Å². The molecule has 0 N–H and O–H groups in total. The molecule has 2 unspecified atom stereocenters. The molecule has 0 aliphatic carbocycles. The second-order valence-corrected chi connectivity index (χ2v) is 5.44. The highest BCUT2D eigenvalue weighted by Gasteiger charge is 2.24. The lowest BCUT2D eigenvalue weighted by Gasteiger charge is -2.37. The summed E-state index contributed by atoms with van der Waals surface area (Å²) in [5.41, 5.74) is 0. The molecule has 0 aromatic carbocycles.